The number of carbonyl (C=O) groups is 3. The van der Waals surface area contributed by atoms with Gasteiger partial charge in [-0.25, -0.2) is 9.78 Å². The van der Waals surface area contributed by atoms with Crippen LogP contribution < -0.4 is 10.6 Å². The first-order valence-corrected chi connectivity index (χ1v) is 11.3. The fourth-order valence-electron chi connectivity index (χ4n) is 3.15. The van der Waals surface area contributed by atoms with Crippen LogP contribution in [0.5, 0.6) is 0 Å². The maximum atomic E-state index is 12.7. The van der Waals surface area contributed by atoms with Crippen LogP contribution in [-0.2, 0) is 22.6 Å². The van der Waals surface area contributed by atoms with Gasteiger partial charge >= 0.3 is 6.03 Å². The summed E-state index contributed by atoms with van der Waals surface area (Å²) in [6, 6.07) is 13.2. The zero-order valence-corrected chi connectivity index (χ0v) is 17.7. The lowest BCUT2D eigenvalue weighted by molar-refractivity contribution is -0.141. The van der Waals surface area contributed by atoms with E-state index in [0.29, 0.717) is 13.0 Å². The number of hydrogen-bond acceptors (Lipinski definition) is 6. The average molecular weight is 441 g/mol. The summed E-state index contributed by atoms with van der Waals surface area (Å²) in [7, 11) is 0. The molecule has 1 fully saturated rings. The summed E-state index contributed by atoms with van der Waals surface area (Å²) >= 11 is 3.02. The summed E-state index contributed by atoms with van der Waals surface area (Å²) < 4.78 is 0. The van der Waals surface area contributed by atoms with Gasteiger partial charge in [-0.15, -0.1) is 22.7 Å². The van der Waals surface area contributed by atoms with Gasteiger partial charge in [0.25, 0.3) is 0 Å². The number of thiophene rings is 1. The second-order valence-corrected chi connectivity index (χ2v) is 8.68. The zero-order chi connectivity index (χ0) is 20.9. The maximum Gasteiger partial charge on any atom is 0.324 e. The molecule has 154 valence electrons. The van der Waals surface area contributed by atoms with Crippen LogP contribution in [-0.4, -0.2) is 40.8 Å². The minimum atomic E-state index is -0.919. The largest absolute Gasteiger partial charge is 0.355 e. The Hall–Kier alpha value is -3.04. The number of nitrogens with zero attached hydrogens (tertiary/aromatic N) is 2. The molecule has 1 atom stereocenters. The standard InChI is InChI=1S/C21H20N4O3S2/c26-18(17-11-23-21(28)25(20(17)27)12-16-7-4-10-29-16)22-9-8-15-13-30-19(24-15)14-5-2-1-3-6-14/h1-7,10,13,17H,8-9,11-12H2,(H,22,26)(H,23,28). The molecule has 0 saturated carbocycles. The first-order valence-electron chi connectivity index (χ1n) is 9.51. The number of aromatic nitrogens is 1. The van der Waals surface area contributed by atoms with Gasteiger partial charge in [-0.1, -0.05) is 36.4 Å². The van der Waals surface area contributed by atoms with E-state index in [9.17, 15) is 14.4 Å². The Kier molecular flexibility index (Phi) is 6.20. The van der Waals surface area contributed by atoms with Crippen LogP contribution in [0.4, 0.5) is 4.79 Å². The lowest BCUT2D eigenvalue weighted by Crippen LogP contribution is -2.58. The van der Waals surface area contributed by atoms with Crippen molar-refractivity contribution in [1.82, 2.24) is 20.5 Å². The summed E-state index contributed by atoms with van der Waals surface area (Å²) in [5, 5.41) is 10.2. The molecule has 1 aliphatic rings. The lowest BCUT2D eigenvalue weighted by atomic mass is 10.0. The Morgan fingerprint density at radius 1 is 1.17 bits per heavy atom. The Labute approximate surface area is 181 Å². The van der Waals surface area contributed by atoms with Gasteiger partial charge in [-0.05, 0) is 11.4 Å². The lowest BCUT2D eigenvalue weighted by Gasteiger charge is -2.30. The van der Waals surface area contributed by atoms with E-state index < -0.39 is 17.9 Å². The molecule has 3 aromatic rings. The van der Waals surface area contributed by atoms with Crippen LogP contribution in [0.2, 0.25) is 0 Å². The molecule has 3 heterocycles. The van der Waals surface area contributed by atoms with Gasteiger partial charge < -0.3 is 10.6 Å². The molecule has 7 nitrogen and oxygen atoms in total. The molecule has 1 aliphatic heterocycles. The number of thiazole rings is 1. The number of rotatable bonds is 7. The number of carbonyl (C=O) groups excluding carboxylic acids is 3. The first-order chi connectivity index (χ1) is 14.6. The number of amides is 4. The van der Waals surface area contributed by atoms with Gasteiger partial charge in [0.1, 0.15) is 10.9 Å². The molecule has 2 N–H and O–H groups in total. The molecule has 0 radical (unpaired) electrons. The van der Waals surface area contributed by atoms with Crippen LogP contribution in [0.1, 0.15) is 10.6 Å². The van der Waals surface area contributed by atoms with Crippen molar-refractivity contribution in [3.8, 4) is 10.6 Å². The van der Waals surface area contributed by atoms with E-state index in [0.717, 1.165) is 26.0 Å². The zero-order valence-electron chi connectivity index (χ0n) is 16.0. The highest BCUT2D eigenvalue weighted by molar-refractivity contribution is 7.13. The third-order valence-corrected chi connectivity index (χ3v) is 6.53. The summed E-state index contributed by atoms with van der Waals surface area (Å²) in [5.74, 6) is -1.77. The minimum absolute atomic E-state index is 0.0132. The number of benzene rings is 1. The summed E-state index contributed by atoms with van der Waals surface area (Å²) in [5.41, 5.74) is 1.95. The normalized spacial score (nSPS) is 16.4. The van der Waals surface area contributed by atoms with Crippen molar-refractivity contribution in [2.24, 2.45) is 5.92 Å². The predicted octanol–water partition coefficient (Wildman–Crippen LogP) is 2.90. The van der Waals surface area contributed by atoms with Crippen molar-refractivity contribution in [1.29, 1.82) is 0 Å². The topological polar surface area (TPSA) is 91.4 Å². The Bertz CT molecular complexity index is 1030. The second-order valence-electron chi connectivity index (χ2n) is 6.79. The van der Waals surface area contributed by atoms with Crippen LogP contribution in [0.25, 0.3) is 10.6 Å². The van der Waals surface area contributed by atoms with E-state index in [-0.39, 0.29) is 19.0 Å². The number of nitrogens with one attached hydrogen (secondary N) is 2. The van der Waals surface area contributed by atoms with Gasteiger partial charge in [0, 0.05) is 35.3 Å². The fraction of sp³-hybridized carbons (Fsp3) is 0.238. The summed E-state index contributed by atoms with van der Waals surface area (Å²) in [6.45, 7) is 0.561. The van der Waals surface area contributed by atoms with Crippen molar-refractivity contribution < 1.29 is 14.4 Å². The fourth-order valence-corrected chi connectivity index (χ4v) is 4.70. The predicted molar refractivity (Wildman–Crippen MR) is 116 cm³/mol. The van der Waals surface area contributed by atoms with Crippen molar-refractivity contribution in [3.05, 3.63) is 63.8 Å². The maximum absolute atomic E-state index is 12.7. The van der Waals surface area contributed by atoms with Gasteiger partial charge in [-0.2, -0.15) is 0 Å². The molecule has 4 rings (SSSR count). The molecule has 30 heavy (non-hydrogen) atoms. The van der Waals surface area contributed by atoms with E-state index in [1.54, 1.807) is 11.3 Å². The molecule has 2 aromatic heterocycles. The van der Waals surface area contributed by atoms with Gasteiger partial charge in [0.05, 0.1) is 12.2 Å². The summed E-state index contributed by atoms with van der Waals surface area (Å²) in [4.78, 5) is 43.9. The highest BCUT2D eigenvalue weighted by Crippen LogP contribution is 2.23. The molecule has 1 aromatic carbocycles. The highest BCUT2D eigenvalue weighted by Gasteiger charge is 2.38. The van der Waals surface area contributed by atoms with E-state index in [1.807, 2.05) is 53.2 Å². The molecule has 9 heteroatoms. The number of imide groups is 1. The van der Waals surface area contributed by atoms with Gasteiger partial charge in [0.2, 0.25) is 11.8 Å². The van der Waals surface area contributed by atoms with E-state index in [2.05, 4.69) is 15.6 Å². The Balaban J connectivity index is 1.31. The molecule has 1 saturated heterocycles. The molecule has 0 spiro atoms. The number of urea groups is 1. The van der Waals surface area contributed by atoms with Crippen LogP contribution in [0.3, 0.4) is 0 Å². The molecule has 4 amide bonds. The molecule has 0 bridgehead atoms. The Morgan fingerprint density at radius 2 is 2.00 bits per heavy atom. The van der Waals surface area contributed by atoms with Crippen molar-refractivity contribution in [2.45, 2.75) is 13.0 Å². The van der Waals surface area contributed by atoms with Crippen LogP contribution in [0.15, 0.2) is 53.2 Å². The third kappa shape index (κ3) is 4.58. The molecule has 0 aliphatic carbocycles. The molecule has 1 unspecified atom stereocenters. The molecular formula is C21H20N4O3S2. The second kappa shape index (κ2) is 9.19. The third-order valence-electron chi connectivity index (χ3n) is 4.73. The minimum Gasteiger partial charge on any atom is -0.355 e. The van der Waals surface area contributed by atoms with Crippen LogP contribution in [0, 0.1) is 5.92 Å². The Morgan fingerprint density at radius 3 is 2.77 bits per heavy atom. The van der Waals surface area contributed by atoms with Crippen LogP contribution >= 0.6 is 22.7 Å². The van der Waals surface area contributed by atoms with E-state index in [1.165, 1.54) is 11.3 Å². The smallest absolute Gasteiger partial charge is 0.324 e. The SMILES string of the molecule is O=C(NCCc1csc(-c2ccccc2)n1)C1CNC(=O)N(Cc2cccs2)C1=O. The van der Waals surface area contributed by atoms with Gasteiger partial charge in [-0.3, -0.25) is 14.5 Å². The van der Waals surface area contributed by atoms with Gasteiger partial charge in [0.15, 0.2) is 0 Å². The average Bonchev–Trinajstić information content (AvgIpc) is 3.44. The number of hydrogen-bond donors (Lipinski definition) is 2. The first kappa shape index (κ1) is 20.2. The van der Waals surface area contributed by atoms with Crippen molar-refractivity contribution in [3.63, 3.8) is 0 Å². The van der Waals surface area contributed by atoms with E-state index in [4.69, 9.17) is 0 Å². The molecular weight excluding hydrogens is 420 g/mol. The highest BCUT2D eigenvalue weighted by atomic mass is 32.1. The van der Waals surface area contributed by atoms with E-state index >= 15 is 0 Å². The van der Waals surface area contributed by atoms with Crippen molar-refractivity contribution in [2.75, 3.05) is 13.1 Å². The van der Waals surface area contributed by atoms with Crippen molar-refractivity contribution >= 4 is 40.5 Å². The summed E-state index contributed by atoms with van der Waals surface area (Å²) in [6.07, 6.45) is 0.571. The quantitative estimate of drug-likeness (QED) is 0.553. The monoisotopic (exact) mass is 440 g/mol.